The number of ether oxygens (including phenoxy) is 1. The molecule has 0 aliphatic heterocycles. The number of methoxy groups -OCH3 is 1. The van der Waals surface area contributed by atoms with Gasteiger partial charge >= 0.3 is 0 Å². The lowest BCUT2D eigenvalue weighted by Gasteiger charge is -2.24. The number of nitrogens with zero attached hydrogens (tertiary/aromatic N) is 1. The number of hydrogen-bond donors (Lipinski definition) is 1. The molecule has 0 radical (unpaired) electrons. The highest BCUT2D eigenvalue weighted by Crippen LogP contribution is 2.26. The second-order valence-corrected chi connectivity index (χ2v) is 8.62. The molecule has 0 aromatic heterocycles. The van der Waals surface area contributed by atoms with Crippen LogP contribution in [0, 0.1) is 5.82 Å². The number of hydrogen-bond acceptors (Lipinski definition) is 4. The van der Waals surface area contributed by atoms with Crippen molar-refractivity contribution in [3.8, 4) is 5.75 Å². The van der Waals surface area contributed by atoms with Gasteiger partial charge in [-0.3, -0.25) is 9.10 Å². The SMILES string of the molecule is CCc1ccc(NC(=O)CN(c2ccc(OC)cc2)S(=O)(=O)c2ccc(F)cc2)cc1. The van der Waals surface area contributed by atoms with E-state index < -0.39 is 28.3 Å². The monoisotopic (exact) mass is 442 g/mol. The predicted molar refractivity (Wildman–Crippen MR) is 118 cm³/mol. The lowest BCUT2D eigenvalue weighted by molar-refractivity contribution is -0.114. The molecule has 6 nitrogen and oxygen atoms in total. The Labute approximate surface area is 181 Å². The molecule has 0 saturated carbocycles. The first-order chi connectivity index (χ1) is 14.8. The van der Waals surface area contributed by atoms with Crippen LogP contribution in [-0.2, 0) is 21.2 Å². The van der Waals surface area contributed by atoms with Gasteiger partial charge in [0, 0.05) is 5.69 Å². The summed E-state index contributed by atoms with van der Waals surface area (Å²) in [6.07, 6.45) is 0.870. The topological polar surface area (TPSA) is 75.7 Å². The normalized spacial score (nSPS) is 11.1. The van der Waals surface area contributed by atoms with Gasteiger partial charge in [0.05, 0.1) is 17.7 Å². The second-order valence-electron chi connectivity index (χ2n) is 6.76. The smallest absolute Gasteiger partial charge is 0.264 e. The van der Waals surface area contributed by atoms with E-state index in [4.69, 9.17) is 4.74 Å². The van der Waals surface area contributed by atoms with Gasteiger partial charge in [0.15, 0.2) is 0 Å². The molecule has 0 aliphatic carbocycles. The Morgan fingerprint density at radius 3 is 2.13 bits per heavy atom. The van der Waals surface area contributed by atoms with Gasteiger partial charge in [0.25, 0.3) is 10.0 Å². The van der Waals surface area contributed by atoms with Gasteiger partial charge in [-0.15, -0.1) is 0 Å². The van der Waals surface area contributed by atoms with Gasteiger partial charge in [0.1, 0.15) is 18.1 Å². The summed E-state index contributed by atoms with van der Waals surface area (Å²) in [5, 5.41) is 2.72. The summed E-state index contributed by atoms with van der Waals surface area (Å²) in [6, 6.07) is 18.1. The van der Waals surface area contributed by atoms with Crippen LogP contribution in [0.1, 0.15) is 12.5 Å². The van der Waals surface area contributed by atoms with Gasteiger partial charge in [-0.2, -0.15) is 0 Å². The Bertz CT molecular complexity index is 1130. The summed E-state index contributed by atoms with van der Waals surface area (Å²) in [6.45, 7) is 1.57. The zero-order valence-electron chi connectivity index (χ0n) is 17.2. The van der Waals surface area contributed by atoms with Crippen molar-refractivity contribution in [2.24, 2.45) is 0 Å². The molecule has 0 atom stereocenters. The van der Waals surface area contributed by atoms with Crippen molar-refractivity contribution in [2.45, 2.75) is 18.2 Å². The molecule has 0 heterocycles. The van der Waals surface area contributed by atoms with E-state index in [0.717, 1.165) is 28.4 Å². The molecule has 0 spiro atoms. The molecule has 0 bridgehead atoms. The molecule has 31 heavy (non-hydrogen) atoms. The van der Waals surface area contributed by atoms with Crippen LogP contribution in [0.2, 0.25) is 0 Å². The van der Waals surface area contributed by atoms with Crippen molar-refractivity contribution >= 4 is 27.3 Å². The number of nitrogens with one attached hydrogen (secondary N) is 1. The first-order valence-electron chi connectivity index (χ1n) is 9.64. The molecule has 3 aromatic rings. The molecule has 0 aliphatic rings. The van der Waals surface area contributed by atoms with Crippen molar-refractivity contribution in [3.05, 3.63) is 84.2 Å². The zero-order valence-corrected chi connectivity index (χ0v) is 18.0. The first-order valence-corrected chi connectivity index (χ1v) is 11.1. The minimum absolute atomic E-state index is 0.121. The van der Waals surface area contributed by atoms with Crippen LogP contribution in [0.15, 0.2) is 77.7 Å². The average molecular weight is 443 g/mol. The van der Waals surface area contributed by atoms with Crippen molar-refractivity contribution in [1.82, 2.24) is 0 Å². The number of aryl methyl sites for hydroxylation is 1. The standard InChI is InChI=1S/C23H23FN2O4S/c1-3-17-4-8-19(9-5-17)25-23(27)16-26(20-10-12-21(30-2)13-11-20)31(28,29)22-14-6-18(24)7-15-22/h4-15H,3,16H2,1-2H3,(H,25,27). The fourth-order valence-electron chi connectivity index (χ4n) is 2.95. The summed E-state index contributed by atoms with van der Waals surface area (Å²) in [7, 11) is -2.62. The predicted octanol–water partition coefficient (Wildman–Crippen LogP) is 4.23. The van der Waals surface area contributed by atoms with Crippen LogP contribution in [0.25, 0.3) is 0 Å². The lowest BCUT2D eigenvalue weighted by atomic mass is 10.1. The lowest BCUT2D eigenvalue weighted by Crippen LogP contribution is -2.38. The van der Waals surface area contributed by atoms with Crippen molar-refractivity contribution < 1.29 is 22.3 Å². The minimum Gasteiger partial charge on any atom is -0.497 e. The summed E-state index contributed by atoms with van der Waals surface area (Å²) in [4.78, 5) is 12.6. The van der Waals surface area contributed by atoms with E-state index in [1.54, 1.807) is 36.4 Å². The largest absolute Gasteiger partial charge is 0.497 e. The number of carbonyl (C=O) groups excluding carboxylic acids is 1. The maximum atomic E-state index is 13.3. The van der Waals surface area contributed by atoms with Gasteiger partial charge < -0.3 is 10.1 Å². The number of benzene rings is 3. The van der Waals surface area contributed by atoms with Crippen LogP contribution in [0.3, 0.4) is 0 Å². The Kier molecular flexibility index (Phi) is 6.91. The summed E-state index contributed by atoms with van der Waals surface area (Å²) >= 11 is 0. The van der Waals surface area contributed by atoms with Crippen LogP contribution < -0.4 is 14.4 Å². The quantitative estimate of drug-likeness (QED) is 0.567. The molecule has 8 heteroatoms. The molecule has 1 N–H and O–H groups in total. The highest BCUT2D eigenvalue weighted by Gasteiger charge is 2.27. The van der Waals surface area contributed by atoms with Crippen molar-refractivity contribution in [3.63, 3.8) is 0 Å². The zero-order chi connectivity index (χ0) is 22.4. The van der Waals surface area contributed by atoms with Gasteiger partial charge in [-0.05, 0) is 72.6 Å². The molecule has 0 fully saturated rings. The molecule has 3 aromatic carbocycles. The van der Waals surface area contributed by atoms with E-state index in [1.165, 1.54) is 19.2 Å². The molecular weight excluding hydrogens is 419 g/mol. The van der Waals surface area contributed by atoms with Crippen LogP contribution in [0.4, 0.5) is 15.8 Å². The van der Waals surface area contributed by atoms with Crippen LogP contribution >= 0.6 is 0 Å². The molecular formula is C23H23FN2O4S. The first kappa shape index (κ1) is 22.3. The minimum atomic E-state index is -4.12. The summed E-state index contributed by atoms with van der Waals surface area (Å²) in [5.74, 6) is -0.516. The van der Waals surface area contributed by atoms with Gasteiger partial charge in [-0.1, -0.05) is 19.1 Å². The maximum absolute atomic E-state index is 13.3. The Morgan fingerprint density at radius 1 is 0.968 bits per heavy atom. The molecule has 162 valence electrons. The highest BCUT2D eigenvalue weighted by molar-refractivity contribution is 7.92. The van der Waals surface area contributed by atoms with E-state index in [0.29, 0.717) is 11.4 Å². The third-order valence-corrected chi connectivity index (χ3v) is 6.48. The number of carbonyl (C=O) groups is 1. The van der Waals surface area contributed by atoms with Crippen molar-refractivity contribution in [1.29, 1.82) is 0 Å². The highest BCUT2D eigenvalue weighted by atomic mass is 32.2. The number of sulfonamides is 1. The summed E-state index contributed by atoms with van der Waals surface area (Å²) in [5.41, 5.74) is 1.97. The van der Waals surface area contributed by atoms with Crippen LogP contribution in [-0.4, -0.2) is 28.0 Å². The molecule has 0 unspecified atom stereocenters. The fourth-order valence-corrected chi connectivity index (χ4v) is 4.37. The molecule has 1 amide bonds. The fraction of sp³-hybridized carbons (Fsp3) is 0.174. The number of rotatable bonds is 8. The number of amides is 1. The second kappa shape index (κ2) is 9.61. The Morgan fingerprint density at radius 2 is 1.58 bits per heavy atom. The number of anilines is 2. The molecule has 0 saturated heterocycles. The Hall–Kier alpha value is -3.39. The van der Waals surface area contributed by atoms with Gasteiger partial charge in [0.2, 0.25) is 5.91 Å². The van der Waals surface area contributed by atoms with E-state index in [-0.39, 0.29) is 10.6 Å². The van der Waals surface area contributed by atoms with E-state index in [9.17, 15) is 17.6 Å². The van der Waals surface area contributed by atoms with Crippen molar-refractivity contribution in [2.75, 3.05) is 23.3 Å². The third-order valence-electron chi connectivity index (χ3n) is 4.70. The van der Waals surface area contributed by atoms with Crippen LogP contribution in [0.5, 0.6) is 5.75 Å². The summed E-state index contributed by atoms with van der Waals surface area (Å²) < 4.78 is 45.9. The molecule has 3 rings (SSSR count). The van der Waals surface area contributed by atoms with E-state index >= 15 is 0 Å². The van der Waals surface area contributed by atoms with Gasteiger partial charge in [-0.25, -0.2) is 12.8 Å². The number of halogens is 1. The van der Waals surface area contributed by atoms with E-state index in [2.05, 4.69) is 5.32 Å². The average Bonchev–Trinajstić information content (AvgIpc) is 2.78. The Balaban J connectivity index is 1.90. The van der Waals surface area contributed by atoms with E-state index in [1.807, 2.05) is 19.1 Å². The maximum Gasteiger partial charge on any atom is 0.264 e. The third kappa shape index (κ3) is 5.40.